The first-order valence-electron chi connectivity index (χ1n) is 6.50. The lowest BCUT2D eigenvalue weighted by atomic mass is 9.94. The fourth-order valence-electron chi connectivity index (χ4n) is 2.17. The number of methoxy groups -OCH3 is 1. The lowest BCUT2D eigenvalue weighted by molar-refractivity contribution is 0.0916. The molecule has 2 aromatic rings. The van der Waals surface area contributed by atoms with Crippen LogP contribution in [0.1, 0.15) is 20.7 Å². The Labute approximate surface area is 140 Å². The second kappa shape index (κ2) is 6.10. The summed E-state index contributed by atoms with van der Waals surface area (Å²) in [5, 5.41) is 0. The maximum absolute atomic E-state index is 12.1. The highest BCUT2D eigenvalue weighted by Gasteiger charge is 2.26. The zero-order chi connectivity index (χ0) is 15.7. The number of benzene rings is 2. The van der Waals surface area contributed by atoms with Crippen LogP contribution >= 0.6 is 27.7 Å². The molecular formula is C17H11BrO3S. The maximum atomic E-state index is 12.1. The summed E-state index contributed by atoms with van der Waals surface area (Å²) >= 11 is 4.94. The molecule has 0 bridgehead atoms. The first kappa shape index (κ1) is 15.1. The molecule has 0 spiro atoms. The minimum absolute atomic E-state index is 0.0887. The van der Waals surface area contributed by atoms with Gasteiger partial charge in [-0.05, 0) is 42.5 Å². The summed E-state index contributed by atoms with van der Waals surface area (Å²) in [6.45, 7) is 0. The molecule has 0 aromatic heterocycles. The smallest absolute Gasteiger partial charge is 0.228 e. The summed E-state index contributed by atoms with van der Waals surface area (Å²) in [6, 6.07) is 13.2. The van der Waals surface area contributed by atoms with E-state index in [1.165, 1.54) is 13.2 Å². The van der Waals surface area contributed by atoms with Gasteiger partial charge in [-0.2, -0.15) is 0 Å². The van der Waals surface area contributed by atoms with E-state index in [9.17, 15) is 9.59 Å². The van der Waals surface area contributed by atoms with Crippen LogP contribution in [0.3, 0.4) is 0 Å². The molecule has 0 radical (unpaired) electrons. The van der Waals surface area contributed by atoms with Gasteiger partial charge >= 0.3 is 0 Å². The van der Waals surface area contributed by atoms with Crippen LogP contribution in [0.5, 0.6) is 0 Å². The van der Waals surface area contributed by atoms with Crippen LogP contribution in [0.2, 0.25) is 0 Å². The van der Waals surface area contributed by atoms with E-state index in [-0.39, 0.29) is 17.3 Å². The van der Waals surface area contributed by atoms with Crippen molar-refractivity contribution in [2.75, 3.05) is 7.11 Å². The van der Waals surface area contributed by atoms with Gasteiger partial charge in [-0.3, -0.25) is 9.59 Å². The summed E-state index contributed by atoms with van der Waals surface area (Å²) in [7, 11) is 1.39. The number of carbonyl (C=O) groups excluding carboxylic acids is 2. The molecule has 3 rings (SSSR count). The lowest BCUT2D eigenvalue weighted by Crippen LogP contribution is -2.17. The standard InChI is InChI=1S/C17H11BrO3S/c1-21-16-9-15(19)14-8-12(6-7-13(14)17(16)20)22-11-4-2-10(18)3-5-11/h2-9H,1H3. The van der Waals surface area contributed by atoms with Gasteiger partial charge in [0.15, 0.2) is 11.5 Å². The Kier molecular flexibility index (Phi) is 4.18. The average Bonchev–Trinajstić information content (AvgIpc) is 2.53. The van der Waals surface area contributed by atoms with E-state index in [1.807, 2.05) is 30.3 Å². The SMILES string of the molecule is COC1=CC(=O)c2cc(Sc3ccc(Br)cc3)ccc2C1=O. The van der Waals surface area contributed by atoms with Crippen LogP contribution < -0.4 is 0 Å². The number of allylic oxidation sites excluding steroid dienone is 2. The van der Waals surface area contributed by atoms with Crippen molar-refractivity contribution in [2.24, 2.45) is 0 Å². The fourth-order valence-corrected chi connectivity index (χ4v) is 3.30. The van der Waals surface area contributed by atoms with Gasteiger partial charge < -0.3 is 4.74 Å². The Balaban J connectivity index is 1.93. The molecule has 3 nitrogen and oxygen atoms in total. The Morgan fingerprint density at radius 2 is 1.64 bits per heavy atom. The topological polar surface area (TPSA) is 43.4 Å². The van der Waals surface area contributed by atoms with Crippen LogP contribution in [0, 0.1) is 0 Å². The van der Waals surface area contributed by atoms with Gasteiger partial charge in [-0.15, -0.1) is 0 Å². The third-order valence-electron chi connectivity index (χ3n) is 3.26. The molecule has 0 saturated heterocycles. The van der Waals surface area contributed by atoms with Crippen LogP contribution in [0.15, 0.2) is 68.6 Å². The fraction of sp³-hybridized carbons (Fsp3) is 0.0588. The number of halogens is 1. The Morgan fingerprint density at radius 3 is 2.32 bits per heavy atom. The Hall–Kier alpha value is -1.85. The summed E-state index contributed by atoms with van der Waals surface area (Å²) in [5.41, 5.74) is 0.817. The van der Waals surface area contributed by atoms with E-state index in [1.54, 1.807) is 23.9 Å². The third-order valence-corrected chi connectivity index (χ3v) is 4.78. The summed E-state index contributed by atoms with van der Waals surface area (Å²) in [4.78, 5) is 26.2. The summed E-state index contributed by atoms with van der Waals surface area (Å²) in [6.07, 6.45) is 1.25. The number of carbonyl (C=O) groups is 2. The number of ketones is 2. The minimum Gasteiger partial charge on any atom is -0.492 e. The predicted octanol–water partition coefficient (Wildman–Crippen LogP) is 4.51. The molecule has 0 unspecified atom stereocenters. The van der Waals surface area contributed by atoms with Gasteiger partial charge in [0.25, 0.3) is 0 Å². The molecule has 0 N–H and O–H groups in total. The van der Waals surface area contributed by atoms with E-state index in [0.29, 0.717) is 11.1 Å². The van der Waals surface area contributed by atoms with Crippen molar-refractivity contribution in [3.8, 4) is 0 Å². The van der Waals surface area contributed by atoms with E-state index in [4.69, 9.17) is 4.74 Å². The van der Waals surface area contributed by atoms with Gasteiger partial charge in [-0.1, -0.05) is 27.7 Å². The van der Waals surface area contributed by atoms with E-state index < -0.39 is 0 Å². The van der Waals surface area contributed by atoms with Crippen LogP contribution in [0.4, 0.5) is 0 Å². The molecular weight excluding hydrogens is 364 g/mol. The van der Waals surface area contributed by atoms with Crippen LogP contribution in [-0.2, 0) is 4.74 Å². The zero-order valence-electron chi connectivity index (χ0n) is 11.6. The molecule has 110 valence electrons. The van der Waals surface area contributed by atoms with Crippen molar-refractivity contribution in [3.63, 3.8) is 0 Å². The molecule has 1 aliphatic rings. The first-order valence-corrected chi connectivity index (χ1v) is 8.11. The van der Waals surface area contributed by atoms with Crippen molar-refractivity contribution in [1.29, 1.82) is 0 Å². The number of Topliss-reactive ketones (excluding diaryl/α,β-unsaturated/α-hetero) is 1. The van der Waals surface area contributed by atoms with Gasteiger partial charge in [0.1, 0.15) is 0 Å². The average molecular weight is 375 g/mol. The highest BCUT2D eigenvalue weighted by molar-refractivity contribution is 9.10. The quantitative estimate of drug-likeness (QED) is 0.792. The molecule has 1 aliphatic carbocycles. The second-order valence-corrected chi connectivity index (χ2v) is 6.73. The predicted molar refractivity (Wildman–Crippen MR) is 88.5 cm³/mol. The van der Waals surface area contributed by atoms with E-state index >= 15 is 0 Å². The largest absolute Gasteiger partial charge is 0.492 e. The summed E-state index contributed by atoms with van der Waals surface area (Å²) < 4.78 is 5.96. The molecule has 0 fully saturated rings. The zero-order valence-corrected chi connectivity index (χ0v) is 14.0. The van der Waals surface area contributed by atoms with Crippen molar-refractivity contribution >= 4 is 39.3 Å². The number of hydrogen-bond acceptors (Lipinski definition) is 4. The maximum Gasteiger partial charge on any atom is 0.228 e. The lowest BCUT2D eigenvalue weighted by Gasteiger charge is -2.15. The highest BCUT2D eigenvalue weighted by Crippen LogP contribution is 2.32. The minimum atomic E-state index is -0.253. The van der Waals surface area contributed by atoms with Gasteiger partial charge in [-0.25, -0.2) is 0 Å². The monoisotopic (exact) mass is 374 g/mol. The number of rotatable bonds is 3. The van der Waals surface area contributed by atoms with Crippen molar-refractivity contribution in [1.82, 2.24) is 0 Å². The molecule has 0 heterocycles. The second-order valence-electron chi connectivity index (χ2n) is 4.67. The molecule has 2 aromatic carbocycles. The van der Waals surface area contributed by atoms with Crippen LogP contribution in [0.25, 0.3) is 0 Å². The number of fused-ring (bicyclic) bond motifs is 1. The molecule has 22 heavy (non-hydrogen) atoms. The molecule has 0 aliphatic heterocycles. The normalized spacial score (nSPS) is 13.6. The van der Waals surface area contributed by atoms with Gasteiger partial charge in [0.05, 0.1) is 7.11 Å². The third kappa shape index (κ3) is 2.87. The van der Waals surface area contributed by atoms with Crippen molar-refractivity contribution in [2.45, 2.75) is 9.79 Å². The van der Waals surface area contributed by atoms with Crippen LogP contribution in [-0.4, -0.2) is 18.7 Å². The molecule has 0 amide bonds. The number of ether oxygens (including phenoxy) is 1. The summed E-state index contributed by atoms with van der Waals surface area (Å²) in [5.74, 6) is -0.368. The first-order chi connectivity index (χ1) is 10.6. The molecule has 5 heteroatoms. The highest BCUT2D eigenvalue weighted by atomic mass is 79.9. The van der Waals surface area contributed by atoms with E-state index in [2.05, 4.69) is 15.9 Å². The Morgan fingerprint density at radius 1 is 0.955 bits per heavy atom. The molecule has 0 saturated carbocycles. The number of hydrogen-bond donors (Lipinski definition) is 0. The Bertz CT molecular complexity index is 794. The van der Waals surface area contributed by atoms with Crippen molar-refractivity contribution < 1.29 is 14.3 Å². The molecule has 0 atom stereocenters. The van der Waals surface area contributed by atoms with Gasteiger partial charge in [0.2, 0.25) is 5.78 Å². The van der Waals surface area contributed by atoms with Crippen molar-refractivity contribution in [3.05, 3.63) is 69.9 Å². The van der Waals surface area contributed by atoms with Gasteiger partial charge in [0, 0.05) is 31.5 Å². The van der Waals surface area contributed by atoms with E-state index in [0.717, 1.165) is 14.3 Å².